The van der Waals surface area contributed by atoms with Crippen molar-refractivity contribution in [2.24, 2.45) is 4.99 Å². The lowest BCUT2D eigenvalue weighted by Crippen LogP contribution is -2.27. The average molecular weight is 338 g/mol. The van der Waals surface area contributed by atoms with Crippen molar-refractivity contribution in [3.05, 3.63) is 50.0 Å². The van der Waals surface area contributed by atoms with E-state index in [2.05, 4.69) is 4.99 Å². The molecule has 22 heavy (non-hydrogen) atoms. The third-order valence-electron chi connectivity index (χ3n) is 3.22. The number of aromatic nitrogens is 2. The maximum atomic E-state index is 12.4. The molecule has 0 bridgehead atoms. The molecule has 0 fully saturated rings. The molecule has 0 saturated heterocycles. The Bertz CT molecular complexity index is 840. The van der Waals surface area contributed by atoms with E-state index in [0.29, 0.717) is 28.6 Å². The molecule has 0 radical (unpaired) electrons. The van der Waals surface area contributed by atoms with Crippen molar-refractivity contribution >= 4 is 35.7 Å². The third-order valence-corrected chi connectivity index (χ3v) is 3.89. The number of nitrogens with zero attached hydrogens (tertiary/aromatic N) is 3. The Morgan fingerprint density at radius 3 is 2.59 bits per heavy atom. The fourth-order valence-electron chi connectivity index (χ4n) is 2.08. The highest BCUT2D eigenvalue weighted by molar-refractivity contribution is 7.71. The van der Waals surface area contributed by atoms with Gasteiger partial charge in [0, 0.05) is 24.3 Å². The average Bonchev–Trinajstić information content (AvgIpc) is 2.48. The number of aromatic hydroxyl groups is 1. The van der Waals surface area contributed by atoms with Crippen molar-refractivity contribution in [2.45, 2.75) is 26.9 Å². The van der Waals surface area contributed by atoms with Crippen LogP contribution in [0.2, 0.25) is 5.02 Å². The minimum absolute atomic E-state index is 0.109. The smallest absolute Gasteiger partial charge is 0.267 e. The van der Waals surface area contributed by atoms with Crippen LogP contribution in [0.4, 0.5) is 5.69 Å². The molecule has 116 valence electrons. The van der Waals surface area contributed by atoms with E-state index in [1.165, 1.54) is 15.3 Å². The monoisotopic (exact) mass is 337 g/mol. The van der Waals surface area contributed by atoms with Gasteiger partial charge in [-0.3, -0.25) is 18.9 Å². The summed E-state index contributed by atoms with van der Waals surface area (Å²) in [5.74, 6) is -0.173. The fourth-order valence-corrected chi connectivity index (χ4v) is 2.69. The molecule has 0 amide bonds. The van der Waals surface area contributed by atoms with Crippen LogP contribution in [0.5, 0.6) is 5.88 Å². The van der Waals surface area contributed by atoms with Crippen molar-refractivity contribution < 1.29 is 5.11 Å². The minimum Gasteiger partial charge on any atom is -0.494 e. The fraction of sp³-hybridized carbons (Fsp3) is 0.267. The normalized spacial score (nSPS) is 11.2. The lowest BCUT2D eigenvalue weighted by Gasteiger charge is -2.13. The second kappa shape index (κ2) is 6.89. The molecule has 0 spiro atoms. The highest BCUT2D eigenvalue weighted by atomic mass is 35.5. The van der Waals surface area contributed by atoms with E-state index in [9.17, 15) is 9.90 Å². The van der Waals surface area contributed by atoms with Crippen LogP contribution < -0.4 is 5.56 Å². The van der Waals surface area contributed by atoms with Crippen LogP contribution in [0.3, 0.4) is 0 Å². The zero-order valence-corrected chi connectivity index (χ0v) is 13.9. The van der Waals surface area contributed by atoms with E-state index in [1.54, 1.807) is 24.3 Å². The Labute approximate surface area is 138 Å². The number of aliphatic imine (C=N–C) groups is 1. The molecular formula is C15H16ClN3O2S. The Morgan fingerprint density at radius 1 is 1.32 bits per heavy atom. The summed E-state index contributed by atoms with van der Waals surface area (Å²) in [6, 6.07) is 6.92. The van der Waals surface area contributed by atoms with Gasteiger partial charge in [-0.1, -0.05) is 17.7 Å². The molecule has 0 saturated carbocycles. The quantitative estimate of drug-likeness (QED) is 0.686. The van der Waals surface area contributed by atoms with E-state index < -0.39 is 0 Å². The van der Waals surface area contributed by atoms with Crippen molar-refractivity contribution in [1.82, 2.24) is 9.13 Å². The van der Waals surface area contributed by atoms with Crippen molar-refractivity contribution in [3.63, 3.8) is 0 Å². The lowest BCUT2D eigenvalue weighted by atomic mass is 10.3. The predicted molar refractivity (Wildman–Crippen MR) is 91.2 cm³/mol. The van der Waals surface area contributed by atoms with Crippen molar-refractivity contribution in [1.29, 1.82) is 0 Å². The van der Waals surface area contributed by atoms with Gasteiger partial charge in [0.1, 0.15) is 5.56 Å². The van der Waals surface area contributed by atoms with Gasteiger partial charge >= 0.3 is 0 Å². The van der Waals surface area contributed by atoms with Crippen LogP contribution in [-0.2, 0) is 13.1 Å². The van der Waals surface area contributed by atoms with Gasteiger partial charge in [0.25, 0.3) is 5.56 Å². The van der Waals surface area contributed by atoms with E-state index >= 15 is 0 Å². The second-order valence-corrected chi connectivity index (χ2v) is 5.35. The van der Waals surface area contributed by atoms with Gasteiger partial charge in [-0.2, -0.15) is 0 Å². The molecule has 2 rings (SSSR count). The Kier molecular flexibility index (Phi) is 5.15. The Balaban J connectivity index is 2.60. The van der Waals surface area contributed by atoms with Crippen LogP contribution in [-0.4, -0.2) is 20.5 Å². The summed E-state index contributed by atoms with van der Waals surface area (Å²) >= 11 is 11.1. The largest absolute Gasteiger partial charge is 0.494 e. The first-order valence-electron chi connectivity index (χ1n) is 6.85. The first-order valence-corrected chi connectivity index (χ1v) is 7.64. The molecule has 1 aromatic carbocycles. The Hall–Kier alpha value is -1.92. The van der Waals surface area contributed by atoms with Gasteiger partial charge in [-0.05, 0) is 44.3 Å². The first-order chi connectivity index (χ1) is 10.5. The molecule has 0 aliphatic heterocycles. The van der Waals surface area contributed by atoms with Gasteiger partial charge in [-0.25, -0.2) is 0 Å². The van der Waals surface area contributed by atoms with Gasteiger partial charge in [0.15, 0.2) is 4.77 Å². The van der Waals surface area contributed by atoms with Gasteiger partial charge in [0.05, 0.1) is 5.69 Å². The van der Waals surface area contributed by atoms with Crippen LogP contribution in [0.25, 0.3) is 0 Å². The molecular weight excluding hydrogens is 322 g/mol. The maximum Gasteiger partial charge on any atom is 0.267 e. The first kappa shape index (κ1) is 16.5. The molecule has 0 unspecified atom stereocenters. The molecule has 0 aliphatic rings. The summed E-state index contributed by atoms with van der Waals surface area (Å²) in [4.78, 5) is 16.6. The molecule has 2 aromatic rings. The van der Waals surface area contributed by atoms with E-state index in [1.807, 2.05) is 13.8 Å². The van der Waals surface area contributed by atoms with Gasteiger partial charge in [-0.15, -0.1) is 0 Å². The van der Waals surface area contributed by atoms with Crippen LogP contribution in [0.1, 0.15) is 19.4 Å². The number of benzene rings is 1. The summed E-state index contributed by atoms with van der Waals surface area (Å²) in [5, 5.41) is 10.8. The zero-order chi connectivity index (χ0) is 16.3. The van der Waals surface area contributed by atoms with Gasteiger partial charge in [0.2, 0.25) is 5.88 Å². The van der Waals surface area contributed by atoms with Crippen molar-refractivity contribution in [3.8, 4) is 5.88 Å². The lowest BCUT2D eigenvalue weighted by molar-refractivity contribution is 0.399. The topological polar surface area (TPSA) is 59.5 Å². The van der Waals surface area contributed by atoms with E-state index in [-0.39, 0.29) is 17.0 Å². The SMILES string of the molecule is CCn1c(O)c(C=Nc2cccc(Cl)c2)c(=O)n(CC)c1=S. The van der Waals surface area contributed by atoms with Gasteiger partial charge < -0.3 is 5.11 Å². The molecule has 0 atom stereocenters. The van der Waals surface area contributed by atoms with Crippen LogP contribution in [0.15, 0.2) is 34.1 Å². The zero-order valence-electron chi connectivity index (χ0n) is 12.3. The standard InChI is InChI=1S/C15H16ClN3O2S/c1-3-18-13(20)12(14(21)19(4-2)15(18)22)9-17-11-7-5-6-10(16)8-11/h5-9,20H,3-4H2,1-2H3. The number of hydrogen-bond donors (Lipinski definition) is 1. The molecule has 1 aromatic heterocycles. The summed E-state index contributed by atoms with van der Waals surface area (Å²) in [5.41, 5.74) is 0.345. The Morgan fingerprint density at radius 2 is 2.00 bits per heavy atom. The molecule has 5 nitrogen and oxygen atoms in total. The highest BCUT2D eigenvalue weighted by Gasteiger charge is 2.13. The molecule has 7 heteroatoms. The van der Waals surface area contributed by atoms with Crippen LogP contribution in [0, 0.1) is 4.77 Å². The minimum atomic E-state index is -0.361. The molecule has 0 aliphatic carbocycles. The number of halogens is 1. The molecule has 1 heterocycles. The summed E-state index contributed by atoms with van der Waals surface area (Å²) in [6.07, 6.45) is 1.34. The number of hydrogen-bond acceptors (Lipinski definition) is 4. The van der Waals surface area contributed by atoms with Crippen LogP contribution >= 0.6 is 23.8 Å². The van der Waals surface area contributed by atoms with E-state index in [4.69, 9.17) is 23.8 Å². The number of rotatable bonds is 4. The third kappa shape index (κ3) is 3.13. The second-order valence-electron chi connectivity index (χ2n) is 4.55. The predicted octanol–water partition coefficient (Wildman–Crippen LogP) is 3.53. The summed E-state index contributed by atoms with van der Waals surface area (Å²) in [6.45, 7) is 4.56. The summed E-state index contributed by atoms with van der Waals surface area (Å²) < 4.78 is 3.23. The summed E-state index contributed by atoms with van der Waals surface area (Å²) in [7, 11) is 0. The maximum absolute atomic E-state index is 12.4. The van der Waals surface area contributed by atoms with Crippen molar-refractivity contribution in [2.75, 3.05) is 0 Å². The molecule has 1 N–H and O–H groups in total. The highest BCUT2D eigenvalue weighted by Crippen LogP contribution is 2.19. The van der Waals surface area contributed by atoms with E-state index in [0.717, 1.165) is 0 Å².